The van der Waals surface area contributed by atoms with Gasteiger partial charge in [0.1, 0.15) is 0 Å². The van der Waals surface area contributed by atoms with E-state index in [1.54, 1.807) is 20.8 Å². The summed E-state index contributed by atoms with van der Waals surface area (Å²) in [4.78, 5) is 23.8. The molecule has 0 aliphatic rings. The highest BCUT2D eigenvalue weighted by Crippen LogP contribution is 2.36. The molecule has 124 valence electrons. The maximum Gasteiger partial charge on any atom is 0.323 e. The van der Waals surface area contributed by atoms with E-state index in [2.05, 4.69) is 6.92 Å². The second-order valence-electron chi connectivity index (χ2n) is 6.02. The van der Waals surface area contributed by atoms with Gasteiger partial charge in [-0.2, -0.15) is 0 Å². The SMILES string of the molecule is CCCCCCCCCC(C(=O)O)(C(=O)OCC)C(C)C. The number of carboxylic acids is 1. The Hall–Kier alpha value is -1.06. The van der Waals surface area contributed by atoms with Crippen molar-refractivity contribution in [2.24, 2.45) is 11.3 Å². The van der Waals surface area contributed by atoms with E-state index < -0.39 is 17.4 Å². The number of aliphatic carboxylic acids is 1. The number of carbonyl (C=O) groups is 2. The molecule has 0 bridgehead atoms. The summed E-state index contributed by atoms with van der Waals surface area (Å²) in [6, 6.07) is 0. The van der Waals surface area contributed by atoms with Gasteiger partial charge in [-0.3, -0.25) is 9.59 Å². The van der Waals surface area contributed by atoms with Gasteiger partial charge >= 0.3 is 11.9 Å². The van der Waals surface area contributed by atoms with Gasteiger partial charge in [-0.15, -0.1) is 0 Å². The third-order valence-corrected chi connectivity index (χ3v) is 4.18. The van der Waals surface area contributed by atoms with E-state index in [4.69, 9.17) is 4.74 Å². The van der Waals surface area contributed by atoms with Crippen molar-refractivity contribution < 1.29 is 19.4 Å². The molecule has 1 unspecified atom stereocenters. The summed E-state index contributed by atoms with van der Waals surface area (Å²) < 4.78 is 5.02. The standard InChI is InChI=1S/C17H32O4/c1-5-7-8-9-10-11-12-13-17(14(3)4,15(18)19)16(20)21-6-2/h14H,5-13H2,1-4H3,(H,18,19). The van der Waals surface area contributed by atoms with Crippen molar-refractivity contribution in [3.8, 4) is 0 Å². The highest BCUT2D eigenvalue weighted by molar-refractivity contribution is 5.99. The maximum absolute atomic E-state index is 12.2. The first kappa shape index (κ1) is 19.9. The Bertz CT molecular complexity index is 312. The summed E-state index contributed by atoms with van der Waals surface area (Å²) in [5.41, 5.74) is -1.39. The summed E-state index contributed by atoms with van der Waals surface area (Å²) in [5, 5.41) is 9.56. The largest absolute Gasteiger partial charge is 0.480 e. The molecule has 0 aliphatic carbocycles. The molecule has 0 radical (unpaired) electrons. The Morgan fingerprint density at radius 1 is 1.00 bits per heavy atom. The van der Waals surface area contributed by atoms with Crippen LogP contribution in [0, 0.1) is 11.3 Å². The van der Waals surface area contributed by atoms with Crippen LogP contribution in [-0.2, 0) is 14.3 Å². The predicted octanol–water partition coefficient (Wildman–Crippen LogP) is 4.42. The van der Waals surface area contributed by atoms with Crippen LogP contribution in [0.2, 0.25) is 0 Å². The van der Waals surface area contributed by atoms with E-state index in [9.17, 15) is 14.7 Å². The molecule has 0 spiro atoms. The molecule has 0 heterocycles. The van der Waals surface area contributed by atoms with Crippen LogP contribution >= 0.6 is 0 Å². The molecule has 0 aromatic rings. The van der Waals surface area contributed by atoms with Crippen LogP contribution in [0.5, 0.6) is 0 Å². The smallest absolute Gasteiger partial charge is 0.323 e. The van der Waals surface area contributed by atoms with Gasteiger partial charge in [0.2, 0.25) is 0 Å². The number of hydrogen-bond donors (Lipinski definition) is 1. The molecule has 1 N–H and O–H groups in total. The van der Waals surface area contributed by atoms with Crippen molar-refractivity contribution in [1.29, 1.82) is 0 Å². The quantitative estimate of drug-likeness (QED) is 0.329. The van der Waals surface area contributed by atoms with Crippen LogP contribution in [-0.4, -0.2) is 23.7 Å². The molecule has 0 aliphatic heterocycles. The third-order valence-electron chi connectivity index (χ3n) is 4.18. The van der Waals surface area contributed by atoms with Gasteiger partial charge < -0.3 is 9.84 Å². The number of unbranched alkanes of at least 4 members (excludes halogenated alkanes) is 6. The Morgan fingerprint density at radius 3 is 1.95 bits per heavy atom. The van der Waals surface area contributed by atoms with Crippen molar-refractivity contribution in [2.45, 2.75) is 79.1 Å². The van der Waals surface area contributed by atoms with E-state index >= 15 is 0 Å². The van der Waals surface area contributed by atoms with Crippen LogP contribution in [0.3, 0.4) is 0 Å². The molecule has 0 amide bonds. The highest BCUT2D eigenvalue weighted by atomic mass is 16.5. The molecule has 0 aromatic heterocycles. The first-order valence-corrected chi connectivity index (χ1v) is 8.34. The fraction of sp³-hybridized carbons (Fsp3) is 0.882. The van der Waals surface area contributed by atoms with Crippen LogP contribution < -0.4 is 0 Å². The summed E-state index contributed by atoms with van der Waals surface area (Å²) in [6.45, 7) is 7.68. The zero-order valence-electron chi connectivity index (χ0n) is 14.1. The fourth-order valence-electron chi connectivity index (χ4n) is 2.69. The molecule has 1 atom stereocenters. The second kappa shape index (κ2) is 10.6. The first-order valence-electron chi connectivity index (χ1n) is 8.34. The maximum atomic E-state index is 12.2. The Labute approximate surface area is 129 Å². The van der Waals surface area contributed by atoms with Crippen molar-refractivity contribution in [1.82, 2.24) is 0 Å². The summed E-state index contributed by atoms with van der Waals surface area (Å²) in [7, 11) is 0. The van der Waals surface area contributed by atoms with Crippen LogP contribution in [0.1, 0.15) is 79.1 Å². The molecule has 0 saturated heterocycles. The van der Waals surface area contributed by atoms with Gasteiger partial charge in [-0.05, 0) is 19.3 Å². The van der Waals surface area contributed by atoms with E-state index in [0.29, 0.717) is 6.42 Å². The minimum absolute atomic E-state index is 0.220. The zero-order chi connectivity index (χ0) is 16.3. The lowest BCUT2D eigenvalue weighted by molar-refractivity contribution is -0.173. The Morgan fingerprint density at radius 2 is 1.52 bits per heavy atom. The van der Waals surface area contributed by atoms with Gasteiger partial charge in [-0.1, -0.05) is 65.7 Å². The summed E-state index contributed by atoms with van der Waals surface area (Å²) in [6.07, 6.45) is 8.12. The lowest BCUT2D eigenvalue weighted by Gasteiger charge is -2.30. The van der Waals surface area contributed by atoms with Crippen molar-refractivity contribution in [3.63, 3.8) is 0 Å². The lowest BCUT2D eigenvalue weighted by atomic mass is 9.73. The predicted molar refractivity (Wildman–Crippen MR) is 84.1 cm³/mol. The van der Waals surface area contributed by atoms with Crippen molar-refractivity contribution in [3.05, 3.63) is 0 Å². The van der Waals surface area contributed by atoms with Crippen molar-refractivity contribution >= 4 is 11.9 Å². The van der Waals surface area contributed by atoms with Crippen LogP contribution in [0.15, 0.2) is 0 Å². The van der Waals surface area contributed by atoms with Gasteiger partial charge in [0, 0.05) is 0 Å². The normalized spacial score (nSPS) is 14.0. The monoisotopic (exact) mass is 300 g/mol. The molecule has 0 rings (SSSR count). The minimum Gasteiger partial charge on any atom is -0.480 e. The van der Waals surface area contributed by atoms with Gasteiger partial charge in [0.05, 0.1) is 6.61 Å². The van der Waals surface area contributed by atoms with Gasteiger partial charge in [0.25, 0.3) is 0 Å². The fourth-order valence-corrected chi connectivity index (χ4v) is 2.69. The number of carboxylic acid groups (broad SMARTS) is 1. The number of carbonyl (C=O) groups excluding carboxylic acids is 1. The van der Waals surface area contributed by atoms with Crippen LogP contribution in [0.25, 0.3) is 0 Å². The number of hydrogen-bond acceptors (Lipinski definition) is 3. The Balaban J connectivity index is 4.48. The summed E-state index contributed by atoms with van der Waals surface area (Å²) in [5.74, 6) is -1.91. The molecule has 0 fully saturated rings. The van der Waals surface area contributed by atoms with E-state index in [1.165, 1.54) is 25.7 Å². The molecule has 21 heavy (non-hydrogen) atoms. The molecule has 0 aromatic carbocycles. The molecule has 4 nitrogen and oxygen atoms in total. The lowest BCUT2D eigenvalue weighted by Crippen LogP contribution is -2.45. The molecule has 4 heteroatoms. The van der Waals surface area contributed by atoms with Gasteiger partial charge in [0.15, 0.2) is 5.41 Å². The van der Waals surface area contributed by atoms with Crippen molar-refractivity contribution in [2.75, 3.05) is 6.61 Å². The highest BCUT2D eigenvalue weighted by Gasteiger charge is 2.49. The number of esters is 1. The molecule has 0 saturated carbocycles. The minimum atomic E-state index is -1.39. The zero-order valence-corrected chi connectivity index (χ0v) is 14.1. The third kappa shape index (κ3) is 6.06. The Kier molecular flexibility index (Phi) is 10.1. The number of rotatable bonds is 12. The van der Waals surface area contributed by atoms with Crippen LogP contribution in [0.4, 0.5) is 0 Å². The van der Waals surface area contributed by atoms with E-state index in [-0.39, 0.29) is 12.5 Å². The second-order valence-corrected chi connectivity index (χ2v) is 6.02. The molecular weight excluding hydrogens is 268 g/mol. The van der Waals surface area contributed by atoms with Gasteiger partial charge in [-0.25, -0.2) is 0 Å². The van der Waals surface area contributed by atoms with E-state index in [1.807, 2.05) is 0 Å². The first-order chi connectivity index (χ1) is 9.93. The topological polar surface area (TPSA) is 63.6 Å². The average molecular weight is 300 g/mol. The average Bonchev–Trinajstić information content (AvgIpc) is 2.41. The number of ether oxygens (including phenoxy) is 1. The molecular formula is C17H32O4. The van der Waals surface area contributed by atoms with E-state index in [0.717, 1.165) is 19.3 Å². The summed E-state index contributed by atoms with van der Waals surface area (Å²) >= 11 is 0.